The van der Waals surface area contributed by atoms with Crippen LogP contribution in [-0.2, 0) is 12.8 Å². The molecule has 1 heterocycles. The van der Waals surface area contributed by atoms with Crippen LogP contribution in [0.5, 0.6) is 5.75 Å². The fourth-order valence-corrected chi connectivity index (χ4v) is 3.20. The summed E-state index contributed by atoms with van der Waals surface area (Å²) in [6.07, 6.45) is 8.68. The lowest BCUT2D eigenvalue weighted by Gasteiger charge is -2.13. The highest BCUT2D eigenvalue weighted by Crippen LogP contribution is 2.34. The molecule has 2 aromatic rings. The fraction of sp³-hybridized carbons (Fsp3) is 0.353. The third-order valence-electron chi connectivity index (χ3n) is 3.86. The summed E-state index contributed by atoms with van der Waals surface area (Å²) >= 11 is 12.4. The first-order chi connectivity index (χ1) is 11.0. The van der Waals surface area contributed by atoms with Gasteiger partial charge in [0.15, 0.2) is 11.9 Å². The molecule has 0 amide bonds. The van der Waals surface area contributed by atoms with Crippen molar-refractivity contribution in [1.82, 2.24) is 9.78 Å². The number of aromatic nitrogens is 2. The molecule has 6 heteroatoms. The predicted octanol–water partition coefficient (Wildman–Crippen LogP) is 4.60. The zero-order valence-electron chi connectivity index (χ0n) is 12.6. The molecule has 1 aliphatic carbocycles. The largest absolute Gasteiger partial charge is 0.476 e. The van der Waals surface area contributed by atoms with Gasteiger partial charge in [-0.3, -0.25) is 0 Å². The lowest BCUT2D eigenvalue weighted by atomic mass is 9.99. The summed E-state index contributed by atoms with van der Waals surface area (Å²) in [5, 5.41) is 5.05. The predicted molar refractivity (Wildman–Crippen MR) is 89.1 cm³/mol. The molecule has 1 unspecified atom stereocenters. The van der Waals surface area contributed by atoms with Gasteiger partial charge in [0, 0.05) is 11.6 Å². The van der Waals surface area contributed by atoms with Crippen molar-refractivity contribution in [2.45, 2.75) is 38.7 Å². The lowest BCUT2D eigenvalue weighted by Crippen LogP contribution is -2.10. The topological polar surface area (TPSA) is 27.1 Å². The maximum Gasteiger partial charge on any atom is 0.156 e. The van der Waals surface area contributed by atoms with Gasteiger partial charge in [-0.1, -0.05) is 29.1 Å². The Morgan fingerprint density at radius 3 is 2.78 bits per heavy atom. The number of terminal acetylenes is 1. The fourth-order valence-electron chi connectivity index (χ4n) is 2.67. The zero-order chi connectivity index (χ0) is 16.6. The van der Waals surface area contributed by atoms with Crippen molar-refractivity contribution < 1.29 is 9.13 Å². The molecule has 0 spiro atoms. The first-order valence-electron chi connectivity index (χ1n) is 7.39. The van der Waals surface area contributed by atoms with Crippen LogP contribution in [0.15, 0.2) is 12.1 Å². The summed E-state index contributed by atoms with van der Waals surface area (Å²) in [6.45, 7) is 1.71. The minimum atomic E-state index is -0.516. The molecule has 1 aromatic carbocycles. The molecule has 23 heavy (non-hydrogen) atoms. The summed E-state index contributed by atoms with van der Waals surface area (Å²) in [6, 6.07) is 2.67. The molecular weight excluding hydrogens is 338 g/mol. The van der Waals surface area contributed by atoms with E-state index in [1.165, 1.54) is 16.8 Å². The van der Waals surface area contributed by atoms with E-state index in [0.29, 0.717) is 10.9 Å². The maximum absolute atomic E-state index is 14.4. The minimum absolute atomic E-state index is 0.154. The number of nitrogens with zero attached hydrogens (tertiary/aromatic N) is 2. The average molecular weight is 353 g/mol. The molecule has 1 aliphatic rings. The third-order valence-corrected chi connectivity index (χ3v) is 4.55. The Balaban J connectivity index is 2.08. The molecular formula is C17H15Cl2FN2O. The highest BCUT2D eigenvalue weighted by Gasteiger charge is 2.22. The van der Waals surface area contributed by atoms with Crippen LogP contribution >= 0.6 is 23.2 Å². The Hall–Kier alpha value is -1.70. The Morgan fingerprint density at radius 1 is 1.35 bits per heavy atom. The molecule has 1 atom stereocenters. The Kier molecular flexibility index (Phi) is 4.52. The first kappa shape index (κ1) is 16.2. The summed E-state index contributed by atoms with van der Waals surface area (Å²) in [5.41, 5.74) is 2.12. The van der Waals surface area contributed by atoms with E-state index in [0.717, 1.165) is 36.9 Å². The third kappa shape index (κ3) is 3.04. The number of hydrogen-bond acceptors (Lipinski definition) is 2. The van der Waals surface area contributed by atoms with Crippen LogP contribution in [0.2, 0.25) is 10.2 Å². The van der Waals surface area contributed by atoms with Gasteiger partial charge in [0.25, 0.3) is 0 Å². The second-order valence-electron chi connectivity index (χ2n) is 5.50. The van der Waals surface area contributed by atoms with Crippen molar-refractivity contribution in [3.63, 3.8) is 0 Å². The first-order valence-corrected chi connectivity index (χ1v) is 8.15. The Labute approximate surface area is 144 Å². The van der Waals surface area contributed by atoms with Crippen LogP contribution in [0.1, 0.15) is 31.0 Å². The van der Waals surface area contributed by atoms with E-state index in [4.69, 9.17) is 34.4 Å². The van der Waals surface area contributed by atoms with Crippen LogP contribution in [-0.4, -0.2) is 15.9 Å². The van der Waals surface area contributed by atoms with Crippen LogP contribution in [0.25, 0.3) is 5.69 Å². The highest BCUT2D eigenvalue weighted by atomic mass is 35.5. The van der Waals surface area contributed by atoms with Crippen LogP contribution in [0, 0.1) is 18.2 Å². The number of hydrogen-bond donors (Lipinski definition) is 0. The Bertz CT molecular complexity index is 795. The van der Waals surface area contributed by atoms with E-state index >= 15 is 0 Å². The number of halogens is 3. The van der Waals surface area contributed by atoms with Crippen LogP contribution in [0.3, 0.4) is 0 Å². The number of ether oxygens (including phenoxy) is 1. The van der Waals surface area contributed by atoms with Crippen molar-refractivity contribution in [3.05, 3.63) is 39.4 Å². The quantitative estimate of drug-likeness (QED) is 0.755. The van der Waals surface area contributed by atoms with Crippen molar-refractivity contribution >= 4 is 23.2 Å². The summed E-state index contributed by atoms with van der Waals surface area (Å²) in [5.74, 6) is 2.23. The van der Waals surface area contributed by atoms with Gasteiger partial charge >= 0.3 is 0 Å². The average Bonchev–Trinajstić information content (AvgIpc) is 2.87. The molecule has 0 fully saturated rings. The van der Waals surface area contributed by atoms with Gasteiger partial charge in [0.2, 0.25) is 0 Å². The van der Waals surface area contributed by atoms with Crippen LogP contribution in [0.4, 0.5) is 4.39 Å². The molecule has 3 rings (SSSR count). The highest BCUT2D eigenvalue weighted by molar-refractivity contribution is 6.32. The molecule has 0 bridgehead atoms. The van der Waals surface area contributed by atoms with Gasteiger partial charge in [-0.15, -0.1) is 6.42 Å². The minimum Gasteiger partial charge on any atom is -0.476 e. The van der Waals surface area contributed by atoms with E-state index in [9.17, 15) is 4.39 Å². The summed E-state index contributed by atoms with van der Waals surface area (Å²) < 4.78 is 21.3. The van der Waals surface area contributed by atoms with E-state index < -0.39 is 11.9 Å². The van der Waals surface area contributed by atoms with Crippen LogP contribution < -0.4 is 4.74 Å². The molecule has 0 aliphatic heterocycles. The molecule has 3 nitrogen and oxygen atoms in total. The standard InChI is InChI=1S/C17H15Cl2FN2O/c1-3-10(2)23-16-9-15(13(20)8-12(16)18)22-17(19)11-6-4-5-7-14(11)21-22/h1,8-10H,4-7H2,2H3. The number of benzene rings is 1. The van der Waals surface area contributed by atoms with Gasteiger partial charge in [-0.05, 0) is 38.7 Å². The maximum atomic E-state index is 14.4. The number of fused-ring (bicyclic) bond motifs is 1. The molecule has 0 radical (unpaired) electrons. The monoisotopic (exact) mass is 352 g/mol. The van der Waals surface area contributed by atoms with Gasteiger partial charge in [-0.25, -0.2) is 9.07 Å². The van der Waals surface area contributed by atoms with E-state index in [-0.39, 0.29) is 10.7 Å². The molecule has 1 aromatic heterocycles. The second-order valence-corrected chi connectivity index (χ2v) is 6.26. The van der Waals surface area contributed by atoms with E-state index in [1.807, 2.05) is 0 Å². The van der Waals surface area contributed by atoms with Gasteiger partial charge in [0.05, 0.1) is 10.7 Å². The van der Waals surface area contributed by atoms with Gasteiger partial charge < -0.3 is 4.74 Å². The van der Waals surface area contributed by atoms with E-state index in [2.05, 4.69) is 11.0 Å². The van der Waals surface area contributed by atoms with E-state index in [1.54, 1.807) is 6.92 Å². The smallest absolute Gasteiger partial charge is 0.156 e. The number of rotatable bonds is 3. The molecule has 0 saturated carbocycles. The SMILES string of the molecule is C#CC(C)Oc1cc(-n2nc3c(c2Cl)CCCC3)c(F)cc1Cl. The van der Waals surface area contributed by atoms with Crippen molar-refractivity contribution in [2.75, 3.05) is 0 Å². The van der Waals surface area contributed by atoms with Gasteiger partial charge in [0.1, 0.15) is 16.6 Å². The number of aryl methyl sites for hydroxylation is 1. The zero-order valence-corrected chi connectivity index (χ0v) is 14.1. The Morgan fingerprint density at radius 2 is 2.09 bits per heavy atom. The normalized spacial score (nSPS) is 14.9. The summed E-state index contributed by atoms with van der Waals surface area (Å²) in [7, 11) is 0. The second kappa shape index (κ2) is 6.43. The molecule has 120 valence electrons. The van der Waals surface area contributed by atoms with Gasteiger partial charge in [-0.2, -0.15) is 5.10 Å². The summed E-state index contributed by atoms with van der Waals surface area (Å²) in [4.78, 5) is 0. The molecule has 0 N–H and O–H groups in total. The van der Waals surface area contributed by atoms with Crippen molar-refractivity contribution in [2.24, 2.45) is 0 Å². The lowest BCUT2D eigenvalue weighted by molar-refractivity contribution is 0.278. The molecule has 0 saturated heterocycles. The van der Waals surface area contributed by atoms with Crippen molar-refractivity contribution in [3.8, 4) is 23.8 Å². The van der Waals surface area contributed by atoms with Crippen molar-refractivity contribution in [1.29, 1.82) is 0 Å².